The summed E-state index contributed by atoms with van der Waals surface area (Å²) >= 11 is 0. The Morgan fingerprint density at radius 3 is 1.54 bits per heavy atom. The molecule has 2 aromatic heterocycles. The molecule has 20 heteroatoms. The number of alkyl carbamates (subject to hydrolysis) is 1. The molecule has 0 spiro atoms. The molecule has 0 bridgehead atoms. The van der Waals surface area contributed by atoms with E-state index in [2.05, 4.69) is 25.9 Å². The minimum absolute atomic E-state index is 0.00824. The summed E-state index contributed by atoms with van der Waals surface area (Å²) < 4.78 is 19.1. The number of hydrogen-bond donors (Lipinski definition) is 6. The molecule has 0 radical (unpaired) electrons. The summed E-state index contributed by atoms with van der Waals surface area (Å²) in [6.07, 6.45) is 4.08. The van der Waals surface area contributed by atoms with E-state index in [4.69, 9.17) is 25.1 Å². The van der Waals surface area contributed by atoms with Crippen LogP contribution in [0.1, 0.15) is 142 Å². The summed E-state index contributed by atoms with van der Waals surface area (Å²) in [6, 6.07) is 21.8. The SMILES string of the molecule is COC(=O)c1cccc2nc(NC(=O)c3cccc(C(=O)OC(C)(C)C)c3)n(CCCCCNC(=O)OC(C)(C)C)c12.NCCCCCn1c(NC(=O)c2cccc(C(=O)O)c2)nc2cccc(C(=O)O)c21. The number of benzene rings is 4. The first-order valence-electron chi connectivity index (χ1n) is 23.4. The molecule has 6 aromatic rings. The Bertz CT molecular complexity index is 2950. The second kappa shape index (κ2) is 24.6. The molecular weight excluding hydrogens is 929 g/mol. The lowest BCUT2D eigenvalue weighted by molar-refractivity contribution is 0.00684. The number of aryl methyl sites for hydroxylation is 2. The van der Waals surface area contributed by atoms with Crippen LogP contribution in [0.3, 0.4) is 0 Å². The lowest BCUT2D eigenvalue weighted by atomic mass is 10.1. The molecule has 0 aliphatic carbocycles. The standard InChI is InChI=1S/C31H40N4O7.C21H22N4O5/c1-30(2,3)41-26(37)21-14-11-13-20(19-21)25(36)34-28-33-23-16-12-15-22(27(38)40-7)24(23)35(28)18-10-8-9-17-32-29(39)42-31(4,5)6;22-10-2-1-3-11-25-17-15(20(29)30)8-5-9-16(17)23-21(25)24-18(26)13-6-4-7-14(12-13)19(27)28/h11-16,19H,8-10,17-18H2,1-7H3,(H,32,39)(H,33,34,36);4-9,12H,1-3,10-11,22H2,(H,27,28)(H,29,30)(H,23,24,26). The van der Waals surface area contributed by atoms with Gasteiger partial charge in [-0.2, -0.15) is 0 Å². The van der Waals surface area contributed by atoms with Gasteiger partial charge in [-0.05, 0) is 141 Å². The van der Waals surface area contributed by atoms with E-state index in [0.717, 1.165) is 25.7 Å². The van der Waals surface area contributed by atoms with Crippen LogP contribution in [0.25, 0.3) is 22.1 Å². The molecule has 6 rings (SSSR count). The van der Waals surface area contributed by atoms with Crippen LogP contribution in [0.4, 0.5) is 16.7 Å². The van der Waals surface area contributed by atoms with E-state index in [1.807, 2.05) is 0 Å². The molecule has 72 heavy (non-hydrogen) atoms. The highest BCUT2D eigenvalue weighted by atomic mass is 16.6. The molecule has 382 valence electrons. The van der Waals surface area contributed by atoms with E-state index in [1.165, 1.54) is 43.5 Å². The summed E-state index contributed by atoms with van der Waals surface area (Å²) in [4.78, 5) is 94.9. The van der Waals surface area contributed by atoms with Crippen LogP contribution < -0.4 is 21.7 Å². The number of methoxy groups -OCH3 is 1. The zero-order valence-electron chi connectivity index (χ0n) is 41.5. The van der Waals surface area contributed by atoms with Gasteiger partial charge in [0, 0.05) is 30.8 Å². The molecular formula is C52H62N8O12. The van der Waals surface area contributed by atoms with Crippen molar-refractivity contribution in [2.24, 2.45) is 5.73 Å². The Labute approximate surface area is 416 Å². The van der Waals surface area contributed by atoms with Crippen molar-refractivity contribution in [3.05, 3.63) is 118 Å². The number of carbonyl (C=O) groups is 7. The molecule has 0 aliphatic rings. The molecule has 0 fully saturated rings. The number of unbranched alkanes of at least 4 members (excludes halogenated alkanes) is 4. The normalized spacial score (nSPS) is 11.3. The summed E-state index contributed by atoms with van der Waals surface area (Å²) in [6.45, 7) is 12.6. The van der Waals surface area contributed by atoms with Crippen LogP contribution in [0.15, 0.2) is 84.9 Å². The maximum atomic E-state index is 13.3. The number of ether oxygens (including phenoxy) is 3. The number of carboxylic acids is 2. The molecule has 2 heterocycles. The van der Waals surface area contributed by atoms with E-state index in [1.54, 1.807) is 99.2 Å². The average molecular weight is 991 g/mol. The third-order valence-corrected chi connectivity index (χ3v) is 10.6. The Morgan fingerprint density at radius 2 is 1.04 bits per heavy atom. The molecule has 0 unspecified atom stereocenters. The minimum Gasteiger partial charge on any atom is -0.478 e. The lowest BCUT2D eigenvalue weighted by Crippen LogP contribution is -2.33. The van der Waals surface area contributed by atoms with Crippen LogP contribution in [0.5, 0.6) is 0 Å². The predicted octanol–water partition coefficient (Wildman–Crippen LogP) is 8.54. The third kappa shape index (κ3) is 15.2. The van der Waals surface area contributed by atoms with Gasteiger partial charge in [-0.3, -0.25) is 20.2 Å². The highest BCUT2D eigenvalue weighted by Crippen LogP contribution is 2.27. The first kappa shape index (κ1) is 54.8. The molecule has 7 N–H and O–H groups in total. The van der Waals surface area contributed by atoms with Crippen LogP contribution >= 0.6 is 0 Å². The van der Waals surface area contributed by atoms with Crippen molar-refractivity contribution in [1.29, 1.82) is 0 Å². The number of aromatic nitrogens is 4. The van der Waals surface area contributed by atoms with Crippen LogP contribution in [-0.4, -0.2) is 103 Å². The summed E-state index contributed by atoms with van der Waals surface area (Å²) in [5, 5.41) is 27.0. The topological polar surface area (TPSA) is 285 Å². The fourth-order valence-corrected chi connectivity index (χ4v) is 7.38. The first-order valence-corrected chi connectivity index (χ1v) is 23.4. The number of nitrogens with two attached hydrogens (primary N) is 1. The largest absolute Gasteiger partial charge is 0.478 e. The number of carbonyl (C=O) groups excluding carboxylic acids is 5. The van der Waals surface area contributed by atoms with Crippen molar-refractivity contribution in [2.75, 3.05) is 30.8 Å². The number of nitrogens with one attached hydrogen (secondary N) is 3. The quantitative estimate of drug-likeness (QED) is 0.0252. The first-order chi connectivity index (χ1) is 34.1. The van der Waals surface area contributed by atoms with E-state index in [-0.39, 0.29) is 39.7 Å². The predicted molar refractivity (Wildman–Crippen MR) is 270 cm³/mol. The van der Waals surface area contributed by atoms with Gasteiger partial charge in [-0.25, -0.2) is 33.9 Å². The van der Waals surface area contributed by atoms with Crippen molar-refractivity contribution < 1.29 is 58.0 Å². The van der Waals surface area contributed by atoms with Crippen LogP contribution in [-0.2, 0) is 27.3 Å². The van der Waals surface area contributed by atoms with Gasteiger partial charge < -0.3 is 44.6 Å². The number of anilines is 2. The van der Waals surface area contributed by atoms with Crippen LogP contribution in [0, 0.1) is 0 Å². The summed E-state index contributed by atoms with van der Waals surface area (Å²) in [7, 11) is 1.31. The van der Waals surface area contributed by atoms with Gasteiger partial charge in [-0.1, -0.05) is 30.7 Å². The van der Waals surface area contributed by atoms with E-state index in [0.29, 0.717) is 66.7 Å². The molecule has 20 nitrogen and oxygen atoms in total. The van der Waals surface area contributed by atoms with Crippen molar-refractivity contribution in [3.8, 4) is 0 Å². The summed E-state index contributed by atoms with van der Waals surface area (Å²) in [5.41, 5.74) is 7.28. The number of amides is 3. The smallest absolute Gasteiger partial charge is 0.407 e. The Morgan fingerprint density at radius 1 is 0.569 bits per heavy atom. The maximum absolute atomic E-state index is 13.3. The number of aromatic carboxylic acids is 2. The minimum atomic E-state index is -1.14. The second-order valence-electron chi connectivity index (χ2n) is 18.5. The molecule has 0 saturated heterocycles. The number of para-hydroxylation sites is 2. The molecule has 3 amide bonds. The third-order valence-electron chi connectivity index (χ3n) is 10.6. The van der Waals surface area contributed by atoms with Crippen molar-refractivity contribution in [3.63, 3.8) is 0 Å². The van der Waals surface area contributed by atoms with Crippen molar-refractivity contribution in [2.45, 2.75) is 104 Å². The van der Waals surface area contributed by atoms with Gasteiger partial charge in [0.2, 0.25) is 11.9 Å². The number of rotatable bonds is 19. The van der Waals surface area contributed by atoms with Gasteiger partial charge in [0.05, 0.1) is 51.4 Å². The Balaban J connectivity index is 0.000000282. The highest BCUT2D eigenvalue weighted by molar-refractivity contribution is 6.08. The van der Waals surface area contributed by atoms with Gasteiger partial charge in [-0.15, -0.1) is 0 Å². The van der Waals surface area contributed by atoms with Gasteiger partial charge in [0.1, 0.15) is 11.2 Å². The number of carboxylic acid groups (broad SMARTS) is 2. The van der Waals surface area contributed by atoms with E-state index >= 15 is 0 Å². The highest BCUT2D eigenvalue weighted by Gasteiger charge is 2.24. The number of fused-ring (bicyclic) bond motifs is 2. The number of esters is 2. The fraction of sp³-hybridized carbons (Fsp3) is 0.365. The molecule has 4 aromatic carbocycles. The number of hydrogen-bond acceptors (Lipinski definition) is 13. The van der Waals surface area contributed by atoms with Crippen LogP contribution in [0.2, 0.25) is 0 Å². The second-order valence-corrected chi connectivity index (χ2v) is 18.5. The maximum Gasteiger partial charge on any atom is 0.407 e. The fourth-order valence-electron chi connectivity index (χ4n) is 7.38. The summed E-state index contributed by atoms with van der Waals surface area (Å²) in [5.74, 6) is -3.83. The van der Waals surface area contributed by atoms with E-state index in [9.17, 15) is 38.7 Å². The monoisotopic (exact) mass is 990 g/mol. The lowest BCUT2D eigenvalue weighted by Gasteiger charge is -2.19. The Kier molecular flexibility index (Phi) is 18.7. The zero-order valence-corrected chi connectivity index (χ0v) is 41.5. The van der Waals surface area contributed by atoms with Crippen molar-refractivity contribution >= 4 is 75.7 Å². The molecule has 0 aliphatic heterocycles. The van der Waals surface area contributed by atoms with E-state index < -0.39 is 53.0 Å². The van der Waals surface area contributed by atoms with Gasteiger partial charge >= 0.3 is 30.0 Å². The average Bonchev–Trinajstić information content (AvgIpc) is 3.86. The number of nitrogens with zero attached hydrogens (tertiary/aromatic N) is 4. The Hall–Kier alpha value is -8.13. The number of imidazole rings is 2. The van der Waals surface area contributed by atoms with Gasteiger partial charge in [0.25, 0.3) is 11.8 Å². The van der Waals surface area contributed by atoms with Gasteiger partial charge in [0.15, 0.2) is 0 Å². The molecule has 0 atom stereocenters. The van der Waals surface area contributed by atoms with Crippen molar-refractivity contribution in [1.82, 2.24) is 24.4 Å². The molecule has 0 saturated carbocycles. The zero-order chi connectivity index (χ0) is 52.8.